The molecule has 0 amide bonds. The number of rotatable bonds is 8. The molecule has 2 rings (SSSR count). The predicted octanol–water partition coefficient (Wildman–Crippen LogP) is 2.56. The highest BCUT2D eigenvalue weighted by Crippen LogP contribution is 2.47. The topological polar surface area (TPSA) is 32.5 Å². The first-order valence-electron chi connectivity index (χ1n) is 8.71. The van der Waals surface area contributed by atoms with Crippen molar-refractivity contribution in [3.8, 4) is 0 Å². The Hall–Kier alpha value is -0.120. The number of nitrogens with zero attached hydrogens (tertiary/aromatic N) is 2. The van der Waals surface area contributed by atoms with Crippen LogP contribution in [0.25, 0.3) is 0 Å². The van der Waals surface area contributed by atoms with E-state index in [4.69, 9.17) is 5.73 Å². The van der Waals surface area contributed by atoms with Crippen LogP contribution in [-0.2, 0) is 0 Å². The first-order chi connectivity index (χ1) is 9.61. The molecular formula is C17H35N3. The summed E-state index contributed by atoms with van der Waals surface area (Å²) in [6.45, 7) is 6.69. The molecule has 0 heterocycles. The van der Waals surface area contributed by atoms with Gasteiger partial charge in [-0.15, -0.1) is 0 Å². The van der Waals surface area contributed by atoms with E-state index in [0.717, 1.165) is 24.9 Å². The van der Waals surface area contributed by atoms with E-state index in [2.05, 4.69) is 30.8 Å². The maximum Gasteiger partial charge on any atom is 0.0335 e. The van der Waals surface area contributed by atoms with Crippen molar-refractivity contribution in [2.24, 2.45) is 17.6 Å². The van der Waals surface area contributed by atoms with E-state index < -0.39 is 0 Å². The summed E-state index contributed by atoms with van der Waals surface area (Å²) < 4.78 is 0. The van der Waals surface area contributed by atoms with Crippen molar-refractivity contribution in [3.63, 3.8) is 0 Å². The second-order valence-electron chi connectivity index (χ2n) is 7.41. The molecule has 2 unspecified atom stereocenters. The van der Waals surface area contributed by atoms with E-state index in [1.165, 1.54) is 58.0 Å². The van der Waals surface area contributed by atoms with Gasteiger partial charge in [0.1, 0.15) is 0 Å². The van der Waals surface area contributed by atoms with Crippen molar-refractivity contribution < 1.29 is 0 Å². The van der Waals surface area contributed by atoms with Gasteiger partial charge in [0.25, 0.3) is 0 Å². The van der Waals surface area contributed by atoms with Gasteiger partial charge in [0.2, 0.25) is 0 Å². The highest BCUT2D eigenvalue weighted by molar-refractivity contribution is 4.99. The van der Waals surface area contributed by atoms with Crippen molar-refractivity contribution >= 4 is 0 Å². The fourth-order valence-electron chi connectivity index (χ4n) is 4.13. The molecule has 2 aliphatic rings. The highest BCUT2D eigenvalue weighted by Gasteiger charge is 2.44. The fourth-order valence-corrected chi connectivity index (χ4v) is 4.13. The molecule has 118 valence electrons. The van der Waals surface area contributed by atoms with Crippen molar-refractivity contribution in [1.82, 2.24) is 9.80 Å². The van der Waals surface area contributed by atoms with Crippen LogP contribution < -0.4 is 5.73 Å². The van der Waals surface area contributed by atoms with Crippen LogP contribution in [-0.4, -0.2) is 55.6 Å². The Morgan fingerprint density at radius 1 is 1.05 bits per heavy atom. The third kappa shape index (κ3) is 3.96. The van der Waals surface area contributed by atoms with E-state index >= 15 is 0 Å². The summed E-state index contributed by atoms with van der Waals surface area (Å²) in [6.07, 6.45) is 9.74. The van der Waals surface area contributed by atoms with Gasteiger partial charge in [0.15, 0.2) is 0 Å². The summed E-state index contributed by atoms with van der Waals surface area (Å²) in [7, 11) is 4.35. The molecule has 0 radical (unpaired) electrons. The SMILES string of the molecule is CCCN(CCN(C)C)C1(CN)CCCC(C2CC2)C1. The van der Waals surface area contributed by atoms with Crippen LogP contribution >= 0.6 is 0 Å². The van der Waals surface area contributed by atoms with Crippen molar-refractivity contribution in [1.29, 1.82) is 0 Å². The lowest BCUT2D eigenvalue weighted by Crippen LogP contribution is -2.58. The normalized spacial score (nSPS) is 31.2. The average molecular weight is 281 g/mol. The molecule has 0 aromatic rings. The Morgan fingerprint density at radius 3 is 2.35 bits per heavy atom. The Kier molecular flexibility index (Phi) is 5.88. The van der Waals surface area contributed by atoms with Gasteiger partial charge < -0.3 is 10.6 Å². The lowest BCUT2D eigenvalue weighted by atomic mass is 9.72. The van der Waals surface area contributed by atoms with Crippen molar-refractivity contribution in [2.75, 3.05) is 40.3 Å². The molecule has 2 N–H and O–H groups in total. The first kappa shape index (κ1) is 16.3. The van der Waals surface area contributed by atoms with Gasteiger partial charge in [-0.2, -0.15) is 0 Å². The molecule has 2 saturated carbocycles. The van der Waals surface area contributed by atoms with Gasteiger partial charge in [0.05, 0.1) is 0 Å². The highest BCUT2D eigenvalue weighted by atomic mass is 15.2. The van der Waals surface area contributed by atoms with Crippen molar-refractivity contribution in [3.05, 3.63) is 0 Å². The predicted molar refractivity (Wildman–Crippen MR) is 86.9 cm³/mol. The summed E-state index contributed by atoms with van der Waals surface area (Å²) in [4.78, 5) is 5.04. The maximum absolute atomic E-state index is 6.30. The lowest BCUT2D eigenvalue weighted by Gasteiger charge is -2.49. The van der Waals surface area contributed by atoms with Gasteiger partial charge in [-0.25, -0.2) is 0 Å². The molecular weight excluding hydrogens is 246 g/mol. The van der Waals surface area contributed by atoms with Crippen LogP contribution in [0.4, 0.5) is 0 Å². The monoisotopic (exact) mass is 281 g/mol. The van der Waals surface area contributed by atoms with Crippen molar-refractivity contribution in [2.45, 2.75) is 57.4 Å². The molecule has 2 aliphatic carbocycles. The van der Waals surface area contributed by atoms with Crippen LogP contribution in [0.15, 0.2) is 0 Å². The first-order valence-corrected chi connectivity index (χ1v) is 8.71. The van der Waals surface area contributed by atoms with Gasteiger partial charge in [-0.1, -0.05) is 19.8 Å². The lowest BCUT2D eigenvalue weighted by molar-refractivity contribution is 0.0265. The van der Waals surface area contributed by atoms with Crippen LogP contribution in [0.2, 0.25) is 0 Å². The largest absolute Gasteiger partial charge is 0.329 e. The molecule has 3 nitrogen and oxygen atoms in total. The van der Waals surface area contributed by atoms with E-state index in [-0.39, 0.29) is 0 Å². The maximum atomic E-state index is 6.30. The Morgan fingerprint density at radius 2 is 1.80 bits per heavy atom. The zero-order valence-corrected chi connectivity index (χ0v) is 13.9. The van der Waals surface area contributed by atoms with Gasteiger partial charge in [-0.3, -0.25) is 4.90 Å². The van der Waals surface area contributed by atoms with E-state index in [1.807, 2.05) is 0 Å². The third-order valence-corrected chi connectivity index (χ3v) is 5.51. The Labute approximate surface area is 125 Å². The summed E-state index contributed by atoms with van der Waals surface area (Å²) >= 11 is 0. The molecule has 2 atom stereocenters. The van der Waals surface area contributed by atoms with E-state index in [9.17, 15) is 0 Å². The summed E-state index contributed by atoms with van der Waals surface area (Å²) in [5.74, 6) is 2.00. The standard InChI is InChI=1S/C17H35N3/c1-4-10-20(12-11-19(2)3)17(14-18)9-5-6-16(13-17)15-7-8-15/h15-16H,4-14,18H2,1-3H3. The molecule has 20 heavy (non-hydrogen) atoms. The molecule has 3 heteroatoms. The number of hydrogen-bond acceptors (Lipinski definition) is 3. The second kappa shape index (κ2) is 7.24. The molecule has 0 aromatic carbocycles. The minimum atomic E-state index is 0.303. The van der Waals surface area contributed by atoms with Crippen LogP contribution in [0.5, 0.6) is 0 Å². The van der Waals surface area contributed by atoms with E-state index in [1.54, 1.807) is 0 Å². The van der Waals surface area contributed by atoms with Crippen LogP contribution in [0.3, 0.4) is 0 Å². The Balaban J connectivity index is 2.03. The summed E-state index contributed by atoms with van der Waals surface area (Å²) in [6, 6.07) is 0. The van der Waals surface area contributed by atoms with Gasteiger partial charge in [0, 0.05) is 25.2 Å². The zero-order valence-electron chi connectivity index (χ0n) is 13.9. The molecule has 0 spiro atoms. The van der Waals surface area contributed by atoms with Crippen LogP contribution in [0, 0.1) is 11.8 Å². The summed E-state index contributed by atoms with van der Waals surface area (Å²) in [5, 5.41) is 0. The van der Waals surface area contributed by atoms with Crippen LogP contribution in [0.1, 0.15) is 51.9 Å². The molecule has 0 bridgehead atoms. The van der Waals surface area contributed by atoms with Gasteiger partial charge in [-0.05, 0) is 64.6 Å². The van der Waals surface area contributed by atoms with E-state index in [0.29, 0.717) is 5.54 Å². The second-order valence-corrected chi connectivity index (χ2v) is 7.41. The quantitative estimate of drug-likeness (QED) is 0.742. The zero-order chi connectivity index (χ0) is 14.6. The molecule has 2 fully saturated rings. The third-order valence-electron chi connectivity index (χ3n) is 5.51. The minimum absolute atomic E-state index is 0.303. The number of nitrogens with two attached hydrogens (primary N) is 1. The fraction of sp³-hybridized carbons (Fsp3) is 1.00. The average Bonchev–Trinajstić information content (AvgIpc) is 3.27. The number of hydrogen-bond donors (Lipinski definition) is 1. The molecule has 0 aromatic heterocycles. The molecule has 0 aliphatic heterocycles. The number of likely N-dealkylation sites (N-methyl/N-ethyl adjacent to an activating group) is 1. The smallest absolute Gasteiger partial charge is 0.0335 e. The minimum Gasteiger partial charge on any atom is -0.329 e. The molecule has 0 saturated heterocycles. The summed E-state index contributed by atoms with van der Waals surface area (Å²) in [5.41, 5.74) is 6.61. The Bertz CT molecular complexity index is 288. The van der Waals surface area contributed by atoms with Gasteiger partial charge >= 0.3 is 0 Å².